The average molecular weight is 411 g/mol. The molecule has 29 heavy (non-hydrogen) atoms. The Morgan fingerprint density at radius 3 is 2.55 bits per heavy atom. The maximum absolute atomic E-state index is 13.6. The van der Waals surface area contributed by atoms with Crippen LogP contribution in [0.2, 0.25) is 0 Å². The minimum atomic E-state index is -0.947. The molecule has 1 aliphatic carbocycles. The third kappa shape index (κ3) is 5.57. The fraction of sp³-hybridized carbons (Fsp3) is 0.217. The Morgan fingerprint density at radius 1 is 1.10 bits per heavy atom. The highest BCUT2D eigenvalue weighted by Gasteiger charge is 2.11. The summed E-state index contributed by atoms with van der Waals surface area (Å²) in [6, 6.07) is 15.0. The van der Waals surface area contributed by atoms with Crippen molar-refractivity contribution in [2.45, 2.75) is 35.5 Å². The van der Waals surface area contributed by atoms with Gasteiger partial charge in [0.1, 0.15) is 5.82 Å². The van der Waals surface area contributed by atoms with Gasteiger partial charge in [-0.15, -0.1) is 0 Å². The summed E-state index contributed by atoms with van der Waals surface area (Å²) in [5.41, 5.74) is 3.68. The topological polar surface area (TPSA) is 62.2 Å². The molecule has 0 amide bonds. The molecule has 4 rings (SSSR count). The van der Waals surface area contributed by atoms with Gasteiger partial charge in [-0.05, 0) is 67.1 Å². The van der Waals surface area contributed by atoms with E-state index in [0.29, 0.717) is 10.6 Å². The molecule has 0 aliphatic heterocycles. The second-order valence-electron chi connectivity index (χ2n) is 6.65. The Morgan fingerprint density at radius 2 is 1.86 bits per heavy atom. The molecular weight excluding hydrogens is 387 g/mol. The third-order valence-electron chi connectivity index (χ3n) is 4.71. The summed E-state index contributed by atoms with van der Waals surface area (Å²) in [5.74, 6) is -1.09. The standard InChI is InChI=1S/C16H15FS.C7H8N2O2/c17-15-7-3-4-8-16(15)18-14-10-9-12-5-1-2-6-13(12)11-14;1-8-6-4-9-3-2-5(6)7(10)11/h3-4,7-11H,1-2,5-6H2;2-4,8H,1H3,(H,10,11). The van der Waals surface area contributed by atoms with Crippen LogP contribution in [0.1, 0.15) is 34.3 Å². The zero-order valence-electron chi connectivity index (χ0n) is 16.2. The van der Waals surface area contributed by atoms with E-state index in [1.54, 1.807) is 13.1 Å². The molecule has 0 unspecified atom stereocenters. The number of nitrogens with one attached hydrogen (secondary N) is 1. The maximum Gasteiger partial charge on any atom is 0.337 e. The zero-order valence-corrected chi connectivity index (χ0v) is 17.0. The highest BCUT2D eigenvalue weighted by molar-refractivity contribution is 7.99. The fourth-order valence-electron chi connectivity index (χ4n) is 3.21. The number of fused-ring (bicyclic) bond motifs is 1. The summed E-state index contributed by atoms with van der Waals surface area (Å²) in [5, 5.41) is 11.4. The largest absolute Gasteiger partial charge is 0.478 e. The number of carbonyl (C=O) groups is 1. The molecule has 0 bridgehead atoms. The van der Waals surface area contributed by atoms with Crippen LogP contribution in [0.4, 0.5) is 10.1 Å². The van der Waals surface area contributed by atoms with Crippen LogP contribution in [-0.4, -0.2) is 23.1 Å². The Hall–Kier alpha value is -2.86. The molecule has 0 fully saturated rings. The van der Waals surface area contributed by atoms with Crippen LogP contribution in [0, 0.1) is 5.82 Å². The predicted molar refractivity (Wildman–Crippen MR) is 114 cm³/mol. The second-order valence-corrected chi connectivity index (χ2v) is 7.76. The van der Waals surface area contributed by atoms with E-state index in [1.165, 1.54) is 73.1 Å². The van der Waals surface area contributed by atoms with E-state index in [0.717, 1.165) is 4.90 Å². The number of aromatic nitrogens is 1. The number of halogens is 1. The van der Waals surface area contributed by atoms with Crippen molar-refractivity contribution in [1.29, 1.82) is 0 Å². The number of carboxylic acid groups (broad SMARTS) is 1. The van der Waals surface area contributed by atoms with Gasteiger partial charge in [0.15, 0.2) is 0 Å². The van der Waals surface area contributed by atoms with Gasteiger partial charge in [-0.25, -0.2) is 9.18 Å². The van der Waals surface area contributed by atoms with Crippen molar-refractivity contribution in [3.63, 3.8) is 0 Å². The van der Waals surface area contributed by atoms with Crippen LogP contribution in [0.5, 0.6) is 0 Å². The minimum Gasteiger partial charge on any atom is -0.478 e. The highest BCUT2D eigenvalue weighted by atomic mass is 32.2. The number of anilines is 1. The molecule has 4 nitrogen and oxygen atoms in total. The SMILES string of the molecule is CNc1cnccc1C(=O)O.Fc1ccccc1Sc1ccc2c(c1)CCCC2. The van der Waals surface area contributed by atoms with Crippen LogP contribution in [0.25, 0.3) is 0 Å². The van der Waals surface area contributed by atoms with E-state index in [2.05, 4.69) is 28.5 Å². The first kappa shape index (κ1) is 20.9. The van der Waals surface area contributed by atoms with Crippen LogP contribution in [0.3, 0.4) is 0 Å². The van der Waals surface area contributed by atoms with Crippen molar-refractivity contribution < 1.29 is 14.3 Å². The van der Waals surface area contributed by atoms with Gasteiger partial charge in [-0.2, -0.15) is 0 Å². The van der Waals surface area contributed by atoms with E-state index >= 15 is 0 Å². The van der Waals surface area contributed by atoms with Gasteiger partial charge in [-0.1, -0.05) is 30.0 Å². The third-order valence-corrected chi connectivity index (χ3v) is 5.75. The molecule has 1 aromatic heterocycles. The number of rotatable bonds is 4. The number of aromatic carboxylic acids is 1. The Kier molecular flexibility index (Phi) is 7.25. The number of pyridine rings is 1. The van der Waals surface area contributed by atoms with E-state index in [1.807, 2.05) is 12.1 Å². The van der Waals surface area contributed by atoms with Crippen LogP contribution < -0.4 is 5.32 Å². The number of benzene rings is 2. The second kappa shape index (κ2) is 10.1. The summed E-state index contributed by atoms with van der Waals surface area (Å²) in [6.07, 6.45) is 7.86. The van der Waals surface area contributed by atoms with Crippen molar-refractivity contribution in [1.82, 2.24) is 4.98 Å². The summed E-state index contributed by atoms with van der Waals surface area (Å²) in [4.78, 5) is 16.1. The molecule has 1 heterocycles. The Labute approximate surface area is 174 Å². The van der Waals surface area contributed by atoms with Crippen molar-refractivity contribution in [3.05, 3.63) is 83.4 Å². The van der Waals surface area contributed by atoms with E-state index < -0.39 is 5.97 Å². The Bertz CT molecular complexity index is 994. The molecule has 6 heteroatoms. The van der Waals surface area contributed by atoms with Crippen LogP contribution in [0.15, 0.2) is 70.7 Å². The van der Waals surface area contributed by atoms with Gasteiger partial charge >= 0.3 is 5.97 Å². The summed E-state index contributed by atoms with van der Waals surface area (Å²) in [6.45, 7) is 0. The molecule has 2 N–H and O–H groups in total. The zero-order chi connectivity index (χ0) is 20.6. The first-order valence-electron chi connectivity index (χ1n) is 9.47. The van der Waals surface area contributed by atoms with Gasteiger partial charge < -0.3 is 10.4 Å². The fourth-order valence-corrected chi connectivity index (χ4v) is 4.11. The molecule has 3 aromatic rings. The summed E-state index contributed by atoms with van der Waals surface area (Å²) >= 11 is 1.51. The molecule has 2 aromatic carbocycles. The number of aryl methyl sites for hydroxylation is 2. The van der Waals surface area contributed by atoms with Crippen molar-refractivity contribution in [3.8, 4) is 0 Å². The van der Waals surface area contributed by atoms with Gasteiger partial charge in [-0.3, -0.25) is 4.98 Å². The van der Waals surface area contributed by atoms with Gasteiger partial charge in [0.2, 0.25) is 0 Å². The molecule has 0 saturated heterocycles. The van der Waals surface area contributed by atoms with Gasteiger partial charge in [0.05, 0.1) is 17.4 Å². The number of carboxylic acids is 1. The first-order chi connectivity index (χ1) is 14.1. The van der Waals surface area contributed by atoms with Gasteiger partial charge in [0, 0.05) is 23.0 Å². The molecule has 0 spiro atoms. The van der Waals surface area contributed by atoms with Gasteiger partial charge in [0.25, 0.3) is 0 Å². The smallest absolute Gasteiger partial charge is 0.337 e. The maximum atomic E-state index is 13.6. The predicted octanol–water partition coefficient (Wildman–Crippen LogP) is 5.68. The van der Waals surface area contributed by atoms with E-state index in [-0.39, 0.29) is 11.4 Å². The van der Waals surface area contributed by atoms with Crippen LogP contribution >= 0.6 is 11.8 Å². The van der Waals surface area contributed by atoms with Crippen molar-refractivity contribution >= 4 is 23.4 Å². The number of hydrogen-bond donors (Lipinski definition) is 2. The monoisotopic (exact) mass is 410 g/mol. The molecule has 150 valence electrons. The average Bonchev–Trinajstić information content (AvgIpc) is 2.75. The molecule has 0 radical (unpaired) electrons. The van der Waals surface area contributed by atoms with Crippen LogP contribution in [-0.2, 0) is 12.8 Å². The van der Waals surface area contributed by atoms with E-state index in [4.69, 9.17) is 5.11 Å². The van der Waals surface area contributed by atoms with Crippen molar-refractivity contribution in [2.75, 3.05) is 12.4 Å². The number of nitrogens with zero attached hydrogens (tertiary/aromatic N) is 1. The van der Waals surface area contributed by atoms with Crippen molar-refractivity contribution in [2.24, 2.45) is 0 Å². The quantitative estimate of drug-likeness (QED) is 0.580. The Balaban J connectivity index is 0.000000188. The summed E-state index contributed by atoms with van der Waals surface area (Å²) < 4.78 is 13.6. The molecular formula is C23H23FN2O2S. The first-order valence-corrected chi connectivity index (χ1v) is 10.3. The molecule has 1 aliphatic rings. The normalized spacial score (nSPS) is 12.3. The lowest BCUT2D eigenvalue weighted by atomic mass is 9.92. The minimum absolute atomic E-state index is 0.139. The summed E-state index contributed by atoms with van der Waals surface area (Å²) in [7, 11) is 1.66. The number of hydrogen-bond acceptors (Lipinski definition) is 4. The lowest BCUT2D eigenvalue weighted by Gasteiger charge is -2.16. The lowest BCUT2D eigenvalue weighted by Crippen LogP contribution is -2.02. The highest BCUT2D eigenvalue weighted by Crippen LogP contribution is 2.32. The lowest BCUT2D eigenvalue weighted by molar-refractivity contribution is 0.0698. The molecule has 0 saturated carbocycles. The molecule has 0 atom stereocenters. The van der Waals surface area contributed by atoms with E-state index in [9.17, 15) is 9.18 Å².